The third kappa shape index (κ3) is 5.26. The minimum atomic E-state index is -2.77. The summed E-state index contributed by atoms with van der Waals surface area (Å²) in [5, 5.41) is 5.63. The number of benzene rings is 9. The number of aryl methyl sites for hydroxylation is 2. The first kappa shape index (κ1) is 35.9. The van der Waals surface area contributed by atoms with Crippen molar-refractivity contribution in [3.05, 3.63) is 264 Å². The number of rotatable bonds is 6. The van der Waals surface area contributed by atoms with Gasteiger partial charge in [-0.25, -0.2) is 0 Å². The van der Waals surface area contributed by atoms with Gasteiger partial charge in [0.05, 0.1) is 16.8 Å². The highest BCUT2D eigenvalue weighted by Gasteiger charge is 2.50. The summed E-state index contributed by atoms with van der Waals surface area (Å²) in [5.41, 5.74) is 14.1. The topological polar surface area (TPSA) is 6.48 Å². The zero-order chi connectivity index (χ0) is 40.3. The summed E-state index contributed by atoms with van der Waals surface area (Å²) in [6.45, 7) is 4.48. The first-order valence-electron chi connectivity index (χ1n) is 20.9. The summed E-state index contributed by atoms with van der Waals surface area (Å²) in [6, 6.07) is 86.2. The molecule has 286 valence electrons. The molecule has 0 atom stereocenters. The third-order valence-electron chi connectivity index (χ3n) is 12.9. The van der Waals surface area contributed by atoms with Gasteiger partial charge in [-0.2, -0.15) is 0 Å². The van der Waals surface area contributed by atoms with Crippen LogP contribution in [0, 0.1) is 13.8 Å². The molecule has 0 unspecified atom stereocenters. The van der Waals surface area contributed by atoms with Crippen LogP contribution in [0.3, 0.4) is 0 Å². The number of anilines is 6. The molecule has 0 amide bonds. The largest absolute Gasteiger partial charge is 0.311 e. The van der Waals surface area contributed by atoms with Gasteiger partial charge in [0.25, 0.3) is 0 Å². The van der Waals surface area contributed by atoms with E-state index < -0.39 is 13.5 Å². The standard InChI is InChI=1S/C57H44N2Si/c1-41-31-37-53-55(39-41)60(47-23-11-5-12-24-47,48-25-13-6-14-26-48)56-40-42(2)32-38-54(56)59(53)46-35-33-44(34-36-46)57(43-19-7-3-8-20-43)49-27-15-17-29-51(49)58(45-21-9-4-10-22-45)52-30-18-16-28-50(52)57/h3-40H,1-2H3. The van der Waals surface area contributed by atoms with Crippen LogP contribution in [-0.4, -0.2) is 8.07 Å². The molecule has 0 aliphatic carbocycles. The molecule has 3 heteroatoms. The first-order chi connectivity index (χ1) is 29.6. The van der Waals surface area contributed by atoms with Crippen molar-refractivity contribution in [1.29, 1.82) is 0 Å². The summed E-state index contributed by atoms with van der Waals surface area (Å²) < 4.78 is 0. The Kier molecular flexibility index (Phi) is 8.54. The molecule has 11 rings (SSSR count). The van der Waals surface area contributed by atoms with Crippen LogP contribution >= 0.6 is 0 Å². The molecule has 2 aliphatic heterocycles. The van der Waals surface area contributed by atoms with Gasteiger partial charge < -0.3 is 9.80 Å². The average Bonchev–Trinajstić information content (AvgIpc) is 3.31. The van der Waals surface area contributed by atoms with Crippen molar-refractivity contribution in [2.45, 2.75) is 19.3 Å². The summed E-state index contributed by atoms with van der Waals surface area (Å²) in [4.78, 5) is 4.96. The Balaban J connectivity index is 1.15. The molecule has 0 fully saturated rings. The minimum absolute atomic E-state index is 0.577. The fraction of sp³-hybridized carbons (Fsp3) is 0.0526. The SMILES string of the molecule is Cc1ccc2c(c1)[Si](c1ccccc1)(c1ccccc1)c1cc(C)ccc1N2c1ccc(C2(c3ccccc3)c3ccccc3N(c3ccccc3)c3ccccc32)cc1. The lowest BCUT2D eigenvalue weighted by Gasteiger charge is -2.47. The van der Waals surface area contributed by atoms with Crippen LogP contribution in [0.5, 0.6) is 0 Å². The summed E-state index contributed by atoms with van der Waals surface area (Å²) >= 11 is 0. The maximum Gasteiger partial charge on any atom is 0.184 e. The molecule has 0 spiro atoms. The summed E-state index contributed by atoms with van der Waals surface area (Å²) in [5.74, 6) is 0. The Morgan fingerprint density at radius 3 is 1.22 bits per heavy atom. The van der Waals surface area contributed by atoms with Gasteiger partial charge in [-0.05, 0) is 105 Å². The molecule has 0 radical (unpaired) electrons. The van der Waals surface area contributed by atoms with Crippen LogP contribution in [0.25, 0.3) is 0 Å². The lowest BCUT2D eigenvalue weighted by molar-refractivity contribution is 0.731. The fourth-order valence-corrected chi connectivity index (χ4v) is 15.7. The van der Waals surface area contributed by atoms with Crippen molar-refractivity contribution in [1.82, 2.24) is 0 Å². The maximum absolute atomic E-state index is 2.77. The van der Waals surface area contributed by atoms with E-state index in [-0.39, 0.29) is 0 Å². The zero-order valence-corrected chi connectivity index (χ0v) is 34.8. The average molecular weight is 785 g/mol. The molecular formula is C57H44N2Si. The van der Waals surface area contributed by atoms with E-state index in [9.17, 15) is 0 Å². The van der Waals surface area contributed by atoms with Gasteiger partial charge in [0, 0.05) is 22.7 Å². The second-order valence-electron chi connectivity index (χ2n) is 16.2. The number of hydrogen-bond acceptors (Lipinski definition) is 2. The van der Waals surface area contributed by atoms with Gasteiger partial charge in [0.1, 0.15) is 0 Å². The molecular weight excluding hydrogens is 741 g/mol. The molecule has 9 aromatic carbocycles. The second kappa shape index (κ2) is 14.3. The Labute approximate surface area is 354 Å². The van der Waals surface area contributed by atoms with E-state index in [0.29, 0.717) is 0 Å². The number of fused-ring (bicyclic) bond motifs is 4. The van der Waals surface area contributed by atoms with Gasteiger partial charge in [-0.1, -0.05) is 193 Å². The van der Waals surface area contributed by atoms with Crippen molar-refractivity contribution in [2.24, 2.45) is 0 Å². The number of hydrogen-bond donors (Lipinski definition) is 0. The quantitative estimate of drug-likeness (QED) is 0.155. The van der Waals surface area contributed by atoms with Crippen LogP contribution in [-0.2, 0) is 5.41 Å². The molecule has 2 aliphatic rings. The van der Waals surface area contributed by atoms with Crippen LogP contribution in [0.4, 0.5) is 34.1 Å². The molecule has 2 nitrogen and oxygen atoms in total. The van der Waals surface area contributed by atoms with Gasteiger partial charge in [0.2, 0.25) is 0 Å². The smallest absolute Gasteiger partial charge is 0.184 e. The van der Waals surface area contributed by atoms with E-state index in [1.807, 2.05) is 0 Å². The van der Waals surface area contributed by atoms with Gasteiger partial charge >= 0.3 is 0 Å². The summed E-state index contributed by atoms with van der Waals surface area (Å²) in [6.07, 6.45) is 0. The minimum Gasteiger partial charge on any atom is -0.311 e. The lowest BCUT2D eigenvalue weighted by Crippen LogP contribution is -2.77. The van der Waals surface area contributed by atoms with Crippen molar-refractivity contribution in [3.8, 4) is 0 Å². The van der Waals surface area contributed by atoms with E-state index in [4.69, 9.17) is 0 Å². The number of nitrogens with zero attached hydrogens (tertiary/aromatic N) is 2. The van der Waals surface area contributed by atoms with E-state index in [0.717, 1.165) is 11.4 Å². The second-order valence-corrected chi connectivity index (χ2v) is 20.0. The normalized spacial score (nSPS) is 14.4. The van der Waals surface area contributed by atoms with E-state index in [1.54, 1.807) is 0 Å². The Morgan fingerprint density at radius 2 is 0.717 bits per heavy atom. The van der Waals surface area contributed by atoms with E-state index in [1.165, 1.54) is 76.9 Å². The predicted octanol–water partition coefficient (Wildman–Crippen LogP) is 11.6. The lowest BCUT2D eigenvalue weighted by atomic mass is 9.62. The van der Waals surface area contributed by atoms with Gasteiger partial charge in [0.15, 0.2) is 8.07 Å². The fourth-order valence-electron chi connectivity index (χ4n) is 10.4. The van der Waals surface area contributed by atoms with E-state index in [2.05, 4.69) is 254 Å². The number of para-hydroxylation sites is 3. The highest BCUT2D eigenvalue weighted by molar-refractivity contribution is 7.21. The highest BCUT2D eigenvalue weighted by atomic mass is 28.3. The Bertz CT molecular complexity index is 2860. The zero-order valence-electron chi connectivity index (χ0n) is 33.8. The van der Waals surface area contributed by atoms with Crippen molar-refractivity contribution in [2.75, 3.05) is 9.80 Å². The van der Waals surface area contributed by atoms with Crippen LogP contribution < -0.4 is 30.5 Å². The molecule has 2 heterocycles. The monoisotopic (exact) mass is 784 g/mol. The molecule has 60 heavy (non-hydrogen) atoms. The van der Waals surface area contributed by atoms with Crippen molar-refractivity contribution in [3.63, 3.8) is 0 Å². The van der Waals surface area contributed by atoms with Crippen LogP contribution in [0.1, 0.15) is 33.4 Å². The molecule has 0 bridgehead atoms. The highest BCUT2D eigenvalue weighted by Crippen LogP contribution is 2.57. The first-order valence-corrected chi connectivity index (χ1v) is 22.9. The van der Waals surface area contributed by atoms with E-state index >= 15 is 0 Å². The van der Waals surface area contributed by atoms with Gasteiger partial charge in [-0.3, -0.25) is 0 Å². The maximum atomic E-state index is 2.53. The van der Waals surface area contributed by atoms with Crippen LogP contribution in [0.15, 0.2) is 231 Å². The molecule has 0 saturated carbocycles. The van der Waals surface area contributed by atoms with Gasteiger partial charge in [-0.15, -0.1) is 0 Å². The van der Waals surface area contributed by atoms with Crippen LogP contribution in [0.2, 0.25) is 0 Å². The Hall–Kier alpha value is -7.20. The summed E-state index contributed by atoms with van der Waals surface area (Å²) in [7, 11) is -2.77. The molecule has 0 aromatic heterocycles. The Morgan fingerprint density at radius 1 is 0.333 bits per heavy atom. The third-order valence-corrected chi connectivity index (χ3v) is 17.7. The molecule has 9 aromatic rings. The molecule has 0 N–H and O–H groups in total. The molecule has 0 saturated heterocycles. The van der Waals surface area contributed by atoms with Crippen molar-refractivity contribution >= 4 is 62.9 Å². The van der Waals surface area contributed by atoms with Crippen molar-refractivity contribution < 1.29 is 0 Å². The predicted molar refractivity (Wildman–Crippen MR) is 254 cm³/mol.